The van der Waals surface area contributed by atoms with E-state index in [0.29, 0.717) is 5.69 Å². The molecule has 2 aromatic heterocycles. The minimum atomic E-state index is -0.425. The van der Waals surface area contributed by atoms with Gasteiger partial charge in [0.25, 0.3) is 0 Å². The molecule has 0 amide bonds. The minimum absolute atomic E-state index is 0.315. The number of carbonyl (C=O) groups is 1. The standard InChI is InChI=1S/C11H11BrN2O2/c1-3-14-5-4-7-8(12)6-9(11(15)16-2)13-10(7)14/h4-6H,3H2,1-2H3. The quantitative estimate of drug-likeness (QED) is 0.796. The van der Waals surface area contributed by atoms with E-state index in [2.05, 4.69) is 25.7 Å². The predicted molar refractivity (Wildman–Crippen MR) is 64.4 cm³/mol. The number of esters is 1. The number of carbonyl (C=O) groups excluding carboxylic acids is 1. The number of hydrogen-bond donors (Lipinski definition) is 0. The van der Waals surface area contributed by atoms with Crippen molar-refractivity contribution in [1.82, 2.24) is 9.55 Å². The minimum Gasteiger partial charge on any atom is -0.464 e. The van der Waals surface area contributed by atoms with E-state index in [1.54, 1.807) is 6.07 Å². The molecular weight excluding hydrogens is 272 g/mol. The first-order chi connectivity index (χ1) is 7.67. The molecule has 2 heterocycles. The van der Waals surface area contributed by atoms with Crippen molar-refractivity contribution in [2.75, 3.05) is 7.11 Å². The highest BCUT2D eigenvalue weighted by Crippen LogP contribution is 2.24. The number of ether oxygens (including phenoxy) is 1. The average Bonchev–Trinajstić information content (AvgIpc) is 2.71. The fraction of sp³-hybridized carbons (Fsp3) is 0.273. The first-order valence-corrected chi connectivity index (χ1v) is 5.70. The third-order valence-corrected chi connectivity index (χ3v) is 3.07. The number of rotatable bonds is 2. The van der Waals surface area contributed by atoms with Crippen LogP contribution in [0.2, 0.25) is 0 Å². The van der Waals surface area contributed by atoms with E-state index in [1.807, 2.05) is 23.8 Å². The molecule has 0 atom stereocenters. The lowest BCUT2D eigenvalue weighted by atomic mass is 10.3. The number of fused-ring (bicyclic) bond motifs is 1. The molecule has 0 spiro atoms. The SMILES string of the molecule is CCn1ccc2c(Br)cc(C(=O)OC)nc21. The Kier molecular flexibility index (Phi) is 2.96. The Balaban J connectivity index is 2.68. The van der Waals surface area contributed by atoms with E-state index in [4.69, 9.17) is 0 Å². The zero-order chi connectivity index (χ0) is 11.7. The van der Waals surface area contributed by atoms with Gasteiger partial charge in [-0.1, -0.05) is 0 Å². The Labute approximate surface area is 101 Å². The molecular formula is C11H11BrN2O2. The maximum atomic E-state index is 11.4. The lowest BCUT2D eigenvalue weighted by molar-refractivity contribution is 0.0594. The fourth-order valence-electron chi connectivity index (χ4n) is 1.58. The van der Waals surface area contributed by atoms with Crippen LogP contribution in [0, 0.1) is 0 Å². The maximum absolute atomic E-state index is 11.4. The lowest BCUT2D eigenvalue weighted by Gasteiger charge is -2.03. The van der Waals surface area contributed by atoms with Gasteiger partial charge in [-0.05, 0) is 35.0 Å². The van der Waals surface area contributed by atoms with Gasteiger partial charge in [0.05, 0.1) is 7.11 Å². The van der Waals surface area contributed by atoms with Crippen molar-refractivity contribution in [3.8, 4) is 0 Å². The topological polar surface area (TPSA) is 44.1 Å². The zero-order valence-corrected chi connectivity index (χ0v) is 10.6. The van der Waals surface area contributed by atoms with Gasteiger partial charge in [-0.3, -0.25) is 0 Å². The van der Waals surface area contributed by atoms with Gasteiger partial charge in [-0.25, -0.2) is 9.78 Å². The summed E-state index contributed by atoms with van der Waals surface area (Å²) in [5.74, 6) is -0.425. The third-order valence-electron chi connectivity index (χ3n) is 2.42. The zero-order valence-electron chi connectivity index (χ0n) is 9.03. The van der Waals surface area contributed by atoms with Crippen molar-refractivity contribution >= 4 is 32.9 Å². The number of aromatic nitrogens is 2. The smallest absolute Gasteiger partial charge is 0.356 e. The summed E-state index contributed by atoms with van der Waals surface area (Å²) in [5.41, 5.74) is 1.10. The summed E-state index contributed by atoms with van der Waals surface area (Å²) in [6.07, 6.45) is 1.95. The Morgan fingerprint density at radius 3 is 3.00 bits per heavy atom. The van der Waals surface area contributed by atoms with Crippen LogP contribution in [0.5, 0.6) is 0 Å². The number of nitrogens with zero attached hydrogens (tertiary/aromatic N) is 2. The van der Waals surface area contributed by atoms with E-state index in [9.17, 15) is 4.79 Å². The monoisotopic (exact) mass is 282 g/mol. The van der Waals surface area contributed by atoms with E-state index in [-0.39, 0.29) is 0 Å². The number of methoxy groups -OCH3 is 1. The Hall–Kier alpha value is -1.36. The molecule has 0 saturated carbocycles. The Bertz CT molecular complexity index is 548. The van der Waals surface area contributed by atoms with Gasteiger partial charge in [0.15, 0.2) is 5.69 Å². The largest absolute Gasteiger partial charge is 0.464 e. The lowest BCUT2D eigenvalue weighted by Crippen LogP contribution is -2.05. The normalized spacial score (nSPS) is 10.7. The van der Waals surface area contributed by atoms with Crippen LogP contribution < -0.4 is 0 Å². The van der Waals surface area contributed by atoms with Crippen LogP contribution in [0.15, 0.2) is 22.8 Å². The first kappa shape index (κ1) is 11.1. The van der Waals surface area contributed by atoms with Crippen LogP contribution in [0.4, 0.5) is 0 Å². The molecule has 0 aliphatic carbocycles. The highest BCUT2D eigenvalue weighted by molar-refractivity contribution is 9.10. The van der Waals surface area contributed by atoms with E-state index < -0.39 is 5.97 Å². The van der Waals surface area contributed by atoms with E-state index >= 15 is 0 Å². The van der Waals surface area contributed by atoms with Gasteiger partial charge in [0.1, 0.15) is 5.65 Å². The molecule has 0 radical (unpaired) electrons. The van der Waals surface area contributed by atoms with Crippen molar-refractivity contribution in [3.63, 3.8) is 0 Å². The van der Waals surface area contributed by atoms with Crippen molar-refractivity contribution in [2.24, 2.45) is 0 Å². The van der Waals surface area contributed by atoms with Crippen molar-refractivity contribution in [2.45, 2.75) is 13.5 Å². The number of hydrogen-bond acceptors (Lipinski definition) is 3. The summed E-state index contributed by atoms with van der Waals surface area (Å²) in [6.45, 7) is 2.84. The molecule has 0 bridgehead atoms. The molecule has 0 N–H and O–H groups in total. The molecule has 2 aromatic rings. The summed E-state index contributed by atoms with van der Waals surface area (Å²) in [4.78, 5) is 15.7. The summed E-state index contributed by atoms with van der Waals surface area (Å²) >= 11 is 3.43. The molecule has 0 saturated heterocycles. The average molecular weight is 283 g/mol. The molecule has 5 heteroatoms. The second kappa shape index (κ2) is 4.25. The van der Waals surface area contributed by atoms with Crippen LogP contribution >= 0.6 is 15.9 Å². The molecule has 4 nitrogen and oxygen atoms in total. The molecule has 16 heavy (non-hydrogen) atoms. The van der Waals surface area contributed by atoms with Crippen LogP contribution in [-0.4, -0.2) is 22.6 Å². The van der Waals surface area contributed by atoms with Crippen molar-refractivity contribution < 1.29 is 9.53 Å². The van der Waals surface area contributed by atoms with Crippen LogP contribution in [-0.2, 0) is 11.3 Å². The van der Waals surface area contributed by atoms with E-state index in [0.717, 1.165) is 22.1 Å². The van der Waals surface area contributed by atoms with Crippen molar-refractivity contribution in [1.29, 1.82) is 0 Å². The molecule has 0 aliphatic rings. The first-order valence-electron chi connectivity index (χ1n) is 4.91. The number of halogens is 1. The second-order valence-corrected chi connectivity index (χ2v) is 4.17. The maximum Gasteiger partial charge on any atom is 0.356 e. The summed E-state index contributed by atoms with van der Waals surface area (Å²) in [6, 6.07) is 3.64. The molecule has 0 unspecified atom stereocenters. The van der Waals surface area contributed by atoms with Gasteiger partial charge in [0, 0.05) is 22.6 Å². The third kappa shape index (κ3) is 1.71. The van der Waals surface area contributed by atoms with Gasteiger partial charge >= 0.3 is 5.97 Å². The number of pyridine rings is 1. The van der Waals surface area contributed by atoms with Gasteiger partial charge in [-0.15, -0.1) is 0 Å². The summed E-state index contributed by atoms with van der Waals surface area (Å²) in [5, 5.41) is 0.995. The molecule has 0 aromatic carbocycles. The molecule has 0 aliphatic heterocycles. The molecule has 84 valence electrons. The molecule has 0 fully saturated rings. The molecule has 2 rings (SSSR count). The van der Waals surface area contributed by atoms with E-state index in [1.165, 1.54) is 7.11 Å². The van der Waals surface area contributed by atoms with Crippen LogP contribution in [0.1, 0.15) is 17.4 Å². The Morgan fingerprint density at radius 1 is 1.62 bits per heavy atom. The van der Waals surface area contributed by atoms with Crippen molar-refractivity contribution in [3.05, 3.63) is 28.5 Å². The highest BCUT2D eigenvalue weighted by atomic mass is 79.9. The predicted octanol–water partition coefficient (Wildman–Crippen LogP) is 2.61. The Morgan fingerprint density at radius 2 is 2.38 bits per heavy atom. The van der Waals surface area contributed by atoms with Gasteiger partial charge < -0.3 is 9.30 Å². The van der Waals surface area contributed by atoms with Gasteiger partial charge in [0.2, 0.25) is 0 Å². The van der Waals surface area contributed by atoms with Crippen LogP contribution in [0.3, 0.4) is 0 Å². The second-order valence-electron chi connectivity index (χ2n) is 3.32. The number of aryl methyl sites for hydroxylation is 1. The van der Waals surface area contributed by atoms with Crippen LogP contribution in [0.25, 0.3) is 11.0 Å². The summed E-state index contributed by atoms with van der Waals surface area (Å²) in [7, 11) is 1.35. The van der Waals surface area contributed by atoms with Gasteiger partial charge in [-0.2, -0.15) is 0 Å². The summed E-state index contributed by atoms with van der Waals surface area (Å²) < 4.78 is 7.49. The highest BCUT2D eigenvalue weighted by Gasteiger charge is 2.13. The fourth-order valence-corrected chi connectivity index (χ4v) is 2.11.